The quantitative estimate of drug-likeness (QED) is 0.586. The highest BCUT2D eigenvalue weighted by Crippen LogP contribution is 2.37. The van der Waals surface area contributed by atoms with Crippen molar-refractivity contribution in [3.8, 4) is 5.75 Å². The zero-order valence-corrected chi connectivity index (χ0v) is 19.6. The Balaban J connectivity index is 2.09. The molecule has 2 rings (SSSR count). The van der Waals surface area contributed by atoms with Crippen molar-refractivity contribution in [1.82, 2.24) is 4.98 Å². The molecule has 2 N–H and O–H groups in total. The number of aryl methyl sites for hydroxylation is 1. The van der Waals surface area contributed by atoms with Crippen LogP contribution in [-0.4, -0.2) is 43.2 Å². The Hall–Kier alpha value is -1.38. The van der Waals surface area contributed by atoms with E-state index in [9.17, 15) is 10.0 Å². The van der Waals surface area contributed by atoms with Crippen molar-refractivity contribution in [2.24, 2.45) is 0 Å². The van der Waals surface area contributed by atoms with E-state index in [1.807, 2.05) is 12.3 Å². The average Bonchev–Trinajstić information content (AvgIpc) is 2.63. The molecule has 0 saturated heterocycles. The summed E-state index contributed by atoms with van der Waals surface area (Å²) in [6.07, 6.45) is 5.25. The Morgan fingerprint density at radius 2 is 1.93 bits per heavy atom. The molecule has 0 bridgehead atoms. The van der Waals surface area contributed by atoms with Crippen LogP contribution in [0.5, 0.6) is 5.75 Å². The van der Waals surface area contributed by atoms with Crippen LogP contribution < -0.4 is 10.2 Å². The van der Waals surface area contributed by atoms with Crippen LogP contribution in [0.1, 0.15) is 32.8 Å². The summed E-state index contributed by atoms with van der Waals surface area (Å²) in [5.41, 5.74) is 1.42. The summed E-state index contributed by atoms with van der Waals surface area (Å²) in [4.78, 5) is 4.18. The second-order valence-electron chi connectivity index (χ2n) is 8.77. The van der Waals surface area contributed by atoms with E-state index in [1.54, 1.807) is 24.4 Å². The van der Waals surface area contributed by atoms with E-state index in [2.05, 4.69) is 44.9 Å². The Labute approximate surface area is 180 Å². The molecule has 5 nitrogen and oxygen atoms in total. The van der Waals surface area contributed by atoms with Gasteiger partial charge in [0, 0.05) is 22.9 Å². The fourth-order valence-electron chi connectivity index (χ4n) is 2.64. The van der Waals surface area contributed by atoms with Crippen LogP contribution in [0, 0.1) is 0 Å². The summed E-state index contributed by atoms with van der Waals surface area (Å²) < 4.78 is 12.6. The number of halogens is 1. The molecular weight excluding hydrogens is 405 g/mol. The zero-order valence-electron chi connectivity index (χ0n) is 17.9. The summed E-state index contributed by atoms with van der Waals surface area (Å²) in [6.45, 7) is 11.5. The highest BCUT2D eigenvalue weighted by atomic mass is 35.5. The van der Waals surface area contributed by atoms with Gasteiger partial charge in [0.25, 0.3) is 0 Å². The normalized spacial score (nSPS) is 13.2. The summed E-state index contributed by atoms with van der Waals surface area (Å²) in [7, 11) is -3.57. The van der Waals surface area contributed by atoms with Gasteiger partial charge in [0.1, 0.15) is 12.4 Å². The first-order valence-corrected chi connectivity index (χ1v) is 13.1. The Morgan fingerprint density at radius 1 is 1.21 bits per heavy atom. The van der Waals surface area contributed by atoms with Crippen molar-refractivity contribution >= 4 is 32.5 Å². The SMILES string of the molecule is CC(C)(C)[Si](C)(C)OC(CCc1cccnc1)COc1ccc(B(O)O)c(Cl)c1. The predicted octanol–water partition coefficient (Wildman–Crippen LogP) is 3.82. The van der Waals surface area contributed by atoms with Gasteiger partial charge in [0.2, 0.25) is 0 Å². The number of ether oxygens (including phenoxy) is 1. The third kappa shape index (κ3) is 7.12. The van der Waals surface area contributed by atoms with E-state index >= 15 is 0 Å². The molecule has 1 atom stereocenters. The summed E-state index contributed by atoms with van der Waals surface area (Å²) in [6, 6.07) is 8.85. The molecule has 0 amide bonds. The van der Waals surface area contributed by atoms with Crippen LogP contribution in [0.2, 0.25) is 23.2 Å². The monoisotopic (exact) mass is 435 g/mol. The first-order valence-electron chi connectivity index (χ1n) is 9.85. The second-order valence-corrected chi connectivity index (χ2v) is 13.9. The fourth-order valence-corrected chi connectivity index (χ4v) is 4.28. The first-order chi connectivity index (χ1) is 13.5. The van der Waals surface area contributed by atoms with Gasteiger partial charge in [-0.3, -0.25) is 4.98 Å². The van der Waals surface area contributed by atoms with Gasteiger partial charge < -0.3 is 19.2 Å². The first kappa shape index (κ1) is 23.9. The minimum atomic E-state index is -1.97. The number of benzene rings is 1. The van der Waals surface area contributed by atoms with Crippen molar-refractivity contribution in [2.75, 3.05) is 6.61 Å². The molecular formula is C21H31BClNO4Si. The molecule has 158 valence electrons. The maximum absolute atomic E-state index is 9.31. The number of rotatable bonds is 9. The van der Waals surface area contributed by atoms with E-state index in [4.69, 9.17) is 20.8 Å². The van der Waals surface area contributed by atoms with Gasteiger partial charge in [0.05, 0.1) is 6.10 Å². The minimum absolute atomic E-state index is 0.0713. The Kier molecular flexibility index (Phi) is 8.31. The van der Waals surface area contributed by atoms with Crippen LogP contribution in [0.15, 0.2) is 42.7 Å². The molecule has 0 radical (unpaired) electrons. The van der Waals surface area contributed by atoms with Gasteiger partial charge in [-0.15, -0.1) is 0 Å². The number of nitrogens with zero attached hydrogens (tertiary/aromatic N) is 1. The van der Waals surface area contributed by atoms with Gasteiger partial charge in [-0.25, -0.2) is 0 Å². The zero-order chi connectivity index (χ0) is 21.7. The lowest BCUT2D eigenvalue weighted by Crippen LogP contribution is -2.45. The third-order valence-electron chi connectivity index (χ3n) is 5.43. The predicted molar refractivity (Wildman–Crippen MR) is 121 cm³/mol. The van der Waals surface area contributed by atoms with Crippen LogP contribution in [0.3, 0.4) is 0 Å². The van der Waals surface area contributed by atoms with Crippen LogP contribution in [0.4, 0.5) is 0 Å². The Bertz CT molecular complexity index is 784. The summed E-state index contributed by atoms with van der Waals surface area (Å²) in [5.74, 6) is 0.574. The summed E-state index contributed by atoms with van der Waals surface area (Å²) in [5, 5.41) is 19.0. The van der Waals surface area contributed by atoms with E-state index < -0.39 is 15.4 Å². The summed E-state index contributed by atoms with van der Waals surface area (Å²) >= 11 is 6.12. The largest absolute Gasteiger partial charge is 0.491 e. The number of aromatic nitrogens is 1. The van der Waals surface area contributed by atoms with Gasteiger partial charge in [-0.2, -0.15) is 0 Å². The maximum atomic E-state index is 9.31. The second kappa shape index (κ2) is 10.1. The molecule has 2 aromatic rings. The van der Waals surface area contributed by atoms with Crippen LogP contribution >= 0.6 is 11.6 Å². The van der Waals surface area contributed by atoms with Crippen LogP contribution in [0.25, 0.3) is 0 Å². The van der Waals surface area contributed by atoms with Gasteiger partial charge in [-0.1, -0.05) is 44.5 Å². The standard InChI is InChI=1S/C21H31BClNO4Si/c1-21(2,3)29(4,5)28-18(9-8-16-7-6-12-24-14-16)15-27-17-10-11-19(22(25)26)20(23)13-17/h6-7,10-14,18,25-26H,8-9,15H2,1-5H3. The van der Waals surface area contributed by atoms with Gasteiger partial charge in [-0.05, 0) is 54.7 Å². The molecule has 0 fully saturated rings. The number of pyridine rings is 1. The third-order valence-corrected chi connectivity index (χ3v) is 10.3. The highest BCUT2D eigenvalue weighted by molar-refractivity contribution is 6.74. The topological polar surface area (TPSA) is 71.8 Å². The van der Waals surface area contributed by atoms with E-state index in [0.717, 1.165) is 12.8 Å². The van der Waals surface area contributed by atoms with E-state index in [-0.39, 0.29) is 21.6 Å². The molecule has 8 heteroatoms. The van der Waals surface area contributed by atoms with Gasteiger partial charge >= 0.3 is 7.12 Å². The van der Waals surface area contributed by atoms with E-state index in [1.165, 1.54) is 5.56 Å². The molecule has 0 aliphatic rings. The molecule has 0 aliphatic carbocycles. The average molecular weight is 436 g/mol. The van der Waals surface area contributed by atoms with Crippen molar-refractivity contribution in [2.45, 2.75) is 57.8 Å². The number of hydrogen-bond donors (Lipinski definition) is 2. The maximum Gasteiger partial charge on any atom is 0.489 e. The van der Waals surface area contributed by atoms with Crippen LogP contribution in [-0.2, 0) is 10.8 Å². The molecule has 29 heavy (non-hydrogen) atoms. The lowest BCUT2D eigenvalue weighted by molar-refractivity contribution is 0.108. The highest BCUT2D eigenvalue weighted by Gasteiger charge is 2.39. The van der Waals surface area contributed by atoms with Crippen molar-refractivity contribution in [3.63, 3.8) is 0 Å². The minimum Gasteiger partial charge on any atom is -0.491 e. The lowest BCUT2D eigenvalue weighted by atomic mass is 9.80. The molecule has 1 aromatic carbocycles. The van der Waals surface area contributed by atoms with Crippen molar-refractivity contribution < 1.29 is 19.2 Å². The number of hydrogen-bond acceptors (Lipinski definition) is 5. The molecule has 1 aromatic heterocycles. The molecule has 0 aliphatic heterocycles. The molecule has 0 spiro atoms. The fraction of sp³-hybridized carbons (Fsp3) is 0.476. The van der Waals surface area contributed by atoms with Gasteiger partial charge in [0.15, 0.2) is 8.32 Å². The smallest absolute Gasteiger partial charge is 0.489 e. The van der Waals surface area contributed by atoms with E-state index in [0.29, 0.717) is 12.4 Å². The van der Waals surface area contributed by atoms with Crippen molar-refractivity contribution in [3.05, 3.63) is 53.3 Å². The van der Waals surface area contributed by atoms with Crippen molar-refractivity contribution in [1.29, 1.82) is 0 Å². The molecule has 1 unspecified atom stereocenters. The molecule has 0 saturated carbocycles. The molecule has 1 heterocycles. The Morgan fingerprint density at radius 3 is 2.48 bits per heavy atom. The lowest BCUT2D eigenvalue weighted by Gasteiger charge is -2.39.